The van der Waals surface area contributed by atoms with Gasteiger partial charge in [-0.2, -0.15) is 0 Å². The highest BCUT2D eigenvalue weighted by molar-refractivity contribution is 5.80. The quantitative estimate of drug-likeness (QED) is 0.711. The average Bonchev–Trinajstić information content (AvgIpc) is 2.28. The molecule has 0 N–H and O–H groups in total. The molecule has 2 rings (SSSR count). The van der Waals surface area contributed by atoms with Crippen LogP contribution in [-0.4, -0.2) is 25.8 Å². The Morgan fingerprint density at radius 3 is 2.76 bits per heavy atom. The second-order valence-electron chi connectivity index (χ2n) is 6.27. The molecular formula is C14H24O3. The van der Waals surface area contributed by atoms with Gasteiger partial charge >= 0.3 is 0 Å². The zero-order valence-electron chi connectivity index (χ0n) is 11.3. The van der Waals surface area contributed by atoms with E-state index in [0.29, 0.717) is 18.0 Å². The van der Waals surface area contributed by atoms with Crippen LogP contribution in [0.1, 0.15) is 52.4 Å². The fourth-order valence-corrected chi connectivity index (χ4v) is 3.59. The summed E-state index contributed by atoms with van der Waals surface area (Å²) in [5, 5.41) is 0. The maximum Gasteiger partial charge on any atom is 0.146 e. The predicted octanol–water partition coefficient (Wildman–Crippen LogP) is 2.93. The lowest BCUT2D eigenvalue weighted by atomic mass is 9.51. The van der Waals surface area contributed by atoms with Crippen molar-refractivity contribution < 1.29 is 14.3 Å². The minimum Gasteiger partial charge on any atom is -0.359 e. The molecule has 2 aliphatic carbocycles. The van der Waals surface area contributed by atoms with Crippen LogP contribution in [0.5, 0.6) is 0 Å². The molecule has 0 bridgehead atoms. The van der Waals surface area contributed by atoms with E-state index in [1.54, 1.807) is 7.11 Å². The molecule has 0 aromatic carbocycles. The third-order valence-electron chi connectivity index (χ3n) is 5.12. The van der Waals surface area contributed by atoms with Gasteiger partial charge in [-0.3, -0.25) is 4.79 Å². The Hall–Kier alpha value is -0.410. The number of rotatable bonds is 3. The molecule has 0 aromatic rings. The summed E-state index contributed by atoms with van der Waals surface area (Å²) in [6.07, 6.45) is 6.09. The summed E-state index contributed by atoms with van der Waals surface area (Å²) >= 11 is 0. The first-order valence-electron chi connectivity index (χ1n) is 6.61. The summed E-state index contributed by atoms with van der Waals surface area (Å²) in [6, 6.07) is 0. The van der Waals surface area contributed by atoms with Gasteiger partial charge in [0.05, 0.1) is 6.10 Å². The van der Waals surface area contributed by atoms with Crippen LogP contribution in [0.25, 0.3) is 0 Å². The van der Waals surface area contributed by atoms with Crippen LogP contribution in [0.4, 0.5) is 0 Å². The van der Waals surface area contributed by atoms with E-state index in [-0.39, 0.29) is 11.5 Å². The van der Waals surface area contributed by atoms with Crippen LogP contribution in [0, 0.1) is 10.8 Å². The van der Waals surface area contributed by atoms with E-state index >= 15 is 0 Å². The minimum atomic E-state index is 0.124. The van der Waals surface area contributed by atoms with Crippen LogP contribution in [0.15, 0.2) is 0 Å². The molecule has 3 heteroatoms. The van der Waals surface area contributed by atoms with E-state index < -0.39 is 0 Å². The van der Waals surface area contributed by atoms with Crippen molar-refractivity contribution in [2.24, 2.45) is 10.8 Å². The maximum absolute atomic E-state index is 11.7. The topological polar surface area (TPSA) is 35.5 Å². The average molecular weight is 240 g/mol. The number of Topliss-reactive ketones (excluding diaryl/α,β-unsaturated/α-hetero) is 1. The molecule has 17 heavy (non-hydrogen) atoms. The van der Waals surface area contributed by atoms with Crippen LogP contribution < -0.4 is 0 Å². The SMILES string of the molecule is COCO[C@@H]1CC[C@]2(C)CCC(=O)C[C@]2(C)C1. The number of methoxy groups -OCH3 is 1. The van der Waals surface area contributed by atoms with Crippen molar-refractivity contribution >= 4 is 5.78 Å². The Morgan fingerprint density at radius 1 is 1.29 bits per heavy atom. The molecule has 98 valence electrons. The summed E-state index contributed by atoms with van der Waals surface area (Å²) in [5.74, 6) is 0.428. The van der Waals surface area contributed by atoms with E-state index in [1.807, 2.05) is 0 Å². The van der Waals surface area contributed by atoms with Gasteiger partial charge in [-0.1, -0.05) is 13.8 Å². The van der Waals surface area contributed by atoms with Crippen LogP contribution >= 0.6 is 0 Å². The Morgan fingerprint density at radius 2 is 2.06 bits per heavy atom. The fourth-order valence-electron chi connectivity index (χ4n) is 3.59. The molecule has 3 nitrogen and oxygen atoms in total. The molecule has 0 spiro atoms. The smallest absolute Gasteiger partial charge is 0.146 e. The zero-order chi connectivity index (χ0) is 12.5. The Bertz CT molecular complexity index is 302. The first kappa shape index (κ1) is 13.0. The normalized spacial score (nSPS) is 42.3. The number of hydrogen-bond acceptors (Lipinski definition) is 3. The molecule has 0 heterocycles. The molecule has 2 saturated carbocycles. The van der Waals surface area contributed by atoms with Gasteiger partial charge < -0.3 is 9.47 Å². The van der Waals surface area contributed by atoms with Crippen molar-refractivity contribution in [2.75, 3.05) is 13.9 Å². The van der Waals surface area contributed by atoms with E-state index in [4.69, 9.17) is 9.47 Å². The maximum atomic E-state index is 11.7. The lowest BCUT2D eigenvalue weighted by molar-refractivity contribution is -0.151. The summed E-state index contributed by atoms with van der Waals surface area (Å²) in [4.78, 5) is 11.7. The van der Waals surface area contributed by atoms with Crippen molar-refractivity contribution in [3.63, 3.8) is 0 Å². The van der Waals surface area contributed by atoms with Gasteiger partial charge in [-0.25, -0.2) is 0 Å². The number of ketones is 1. The number of ether oxygens (including phenoxy) is 2. The molecule has 0 aliphatic heterocycles. The lowest BCUT2D eigenvalue weighted by Crippen LogP contribution is -2.49. The molecule has 0 radical (unpaired) electrons. The van der Waals surface area contributed by atoms with Crippen molar-refractivity contribution in [1.82, 2.24) is 0 Å². The second kappa shape index (κ2) is 4.69. The zero-order valence-corrected chi connectivity index (χ0v) is 11.3. The molecule has 0 aromatic heterocycles. The molecule has 0 amide bonds. The number of carbonyl (C=O) groups excluding carboxylic acids is 1. The molecule has 2 aliphatic rings. The van der Waals surface area contributed by atoms with Crippen LogP contribution in [0.3, 0.4) is 0 Å². The van der Waals surface area contributed by atoms with Gasteiger partial charge in [0.2, 0.25) is 0 Å². The summed E-state index contributed by atoms with van der Waals surface area (Å²) in [7, 11) is 1.65. The van der Waals surface area contributed by atoms with Crippen molar-refractivity contribution in [1.29, 1.82) is 0 Å². The predicted molar refractivity (Wildman–Crippen MR) is 65.7 cm³/mol. The largest absolute Gasteiger partial charge is 0.359 e. The second-order valence-corrected chi connectivity index (χ2v) is 6.27. The van der Waals surface area contributed by atoms with Gasteiger partial charge in [-0.15, -0.1) is 0 Å². The Kier molecular flexibility index (Phi) is 3.60. The van der Waals surface area contributed by atoms with Crippen LogP contribution in [-0.2, 0) is 14.3 Å². The highest BCUT2D eigenvalue weighted by Crippen LogP contribution is 2.58. The summed E-state index contributed by atoms with van der Waals surface area (Å²) in [5.41, 5.74) is 0.451. The highest BCUT2D eigenvalue weighted by Gasteiger charge is 2.52. The monoisotopic (exact) mass is 240 g/mol. The number of carbonyl (C=O) groups is 1. The van der Waals surface area contributed by atoms with E-state index in [2.05, 4.69) is 13.8 Å². The fraction of sp³-hybridized carbons (Fsp3) is 0.929. The van der Waals surface area contributed by atoms with E-state index in [1.165, 1.54) is 6.42 Å². The van der Waals surface area contributed by atoms with Crippen molar-refractivity contribution in [2.45, 2.75) is 58.5 Å². The van der Waals surface area contributed by atoms with Crippen molar-refractivity contribution in [3.8, 4) is 0 Å². The highest BCUT2D eigenvalue weighted by atomic mass is 16.7. The molecule has 2 fully saturated rings. The van der Waals surface area contributed by atoms with Crippen LogP contribution in [0.2, 0.25) is 0 Å². The number of hydrogen-bond donors (Lipinski definition) is 0. The Balaban J connectivity index is 2.06. The van der Waals surface area contributed by atoms with E-state index in [9.17, 15) is 4.79 Å². The van der Waals surface area contributed by atoms with Gasteiger partial charge in [0.1, 0.15) is 12.6 Å². The molecule has 0 saturated heterocycles. The standard InChI is InChI=1S/C14H24O3/c1-13-6-4-11(15)8-14(13,2)9-12(5-7-13)17-10-16-3/h12H,4-10H2,1-3H3/t12-,13+,14-/m1/s1. The van der Waals surface area contributed by atoms with Gasteiger partial charge in [-0.05, 0) is 36.5 Å². The third-order valence-corrected chi connectivity index (χ3v) is 5.12. The molecule has 0 unspecified atom stereocenters. The first-order chi connectivity index (χ1) is 7.99. The number of fused-ring (bicyclic) bond motifs is 1. The summed E-state index contributed by atoms with van der Waals surface area (Å²) in [6.45, 7) is 4.99. The first-order valence-corrected chi connectivity index (χ1v) is 6.61. The molecular weight excluding hydrogens is 216 g/mol. The van der Waals surface area contributed by atoms with Gasteiger partial charge in [0, 0.05) is 20.0 Å². The summed E-state index contributed by atoms with van der Waals surface area (Å²) < 4.78 is 10.7. The minimum absolute atomic E-state index is 0.124. The lowest BCUT2D eigenvalue weighted by Gasteiger charge is -2.54. The molecule has 3 atom stereocenters. The Labute approximate surface area is 104 Å². The third kappa shape index (κ3) is 2.41. The van der Waals surface area contributed by atoms with Crippen molar-refractivity contribution in [3.05, 3.63) is 0 Å². The van der Waals surface area contributed by atoms with Gasteiger partial charge in [0.25, 0.3) is 0 Å². The van der Waals surface area contributed by atoms with E-state index in [0.717, 1.165) is 32.1 Å². The van der Waals surface area contributed by atoms with Gasteiger partial charge in [0.15, 0.2) is 0 Å².